The fourth-order valence-corrected chi connectivity index (χ4v) is 3.29. The Morgan fingerprint density at radius 3 is 2.85 bits per heavy atom. The van der Waals surface area contributed by atoms with E-state index in [4.69, 9.17) is 21.4 Å². The Balaban J connectivity index is 1.80. The Morgan fingerprint density at radius 2 is 2.19 bits per heavy atom. The maximum atomic E-state index is 12.5. The van der Waals surface area contributed by atoms with E-state index in [-0.39, 0.29) is 21.6 Å². The molecule has 2 heterocycles. The standard InChI is InChI=1S/C16H11N3O6S2/c1-24-12-6-9(2-4-11(12)20)7-13-15(21)18(16(26)27-13)17-8-10-3-5-14(25-10)19(22)23/h2-8,20H,1H3/b13-7+,17-8+. The summed E-state index contributed by atoms with van der Waals surface area (Å²) in [6, 6.07) is 7.19. The second-order valence-electron chi connectivity index (χ2n) is 5.10. The lowest BCUT2D eigenvalue weighted by Crippen LogP contribution is -2.22. The van der Waals surface area contributed by atoms with Gasteiger partial charge in [-0.25, -0.2) is 0 Å². The predicted octanol–water partition coefficient (Wildman–Crippen LogP) is 3.14. The van der Waals surface area contributed by atoms with Gasteiger partial charge in [-0.2, -0.15) is 10.1 Å². The molecule has 1 aromatic carbocycles. The quantitative estimate of drug-likeness (QED) is 0.265. The predicted molar refractivity (Wildman–Crippen MR) is 103 cm³/mol. The number of nitro groups is 1. The summed E-state index contributed by atoms with van der Waals surface area (Å²) in [5.74, 6) is -0.503. The number of phenolic OH excluding ortho intramolecular Hbond substituents is 1. The number of phenols is 1. The van der Waals surface area contributed by atoms with E-state index in [1.54, 1.807) is 18.2 Å². The summed E-state index contributed by atoms with van der Waals surface area (Å²) in [7, 11) is 1.42. The Kier molecular flexibility index (Phi) is 5.23. The lowest BCUT2D eigenvalue weighted by atomic mass is 10.2. The highest BCUT2D eigenvalue weighted by Gasteiger charge is 2.32. The van der Waals surface area contributed by atoms with Gasteiger partial charge in [0.25, 0.3) is 5.91 Å². The molecule has 1 aliphatic rings. The second kappa shape index (κ2) is 7.60. The van der Waals surface area contributed by atoms with Gasteiger partial charge < -0.3 is 14.3 Å². The van der Waals surface area contributed by atoms with Crippen molar-refractivity contribution < 1.29 is 24.0 Å². The number of hydrogen-bond donors (Lipinski definition) is 1. The molecule has 138 valence electrons. The number of amides is 1. The Bertz CT molecular complexity index is 998. The zero-order valence-corrected chi connectivity index (χ0v) is 15.3. The van der Waals surface area contributed by atoms with Crippen LogP contribution in [0.2, 0.25) is 0 Å². The molecule has 1 fully saturated rings. The van der Waals surface area contributed by atoms with Crippen molar-refractivity contribution in [2.24, 2.45) is 5.10 Å². The molecule has 3 rings (SSSR count). The number of thioether (sulfide) groups is 1. The van der Waals surface area contributed by atoms with Crippen LogP contribution in [0.4, 0.5) is 5.88 Å². The van der Waals surface area contributed by atoms with Crippen LogP contribution in [0.25, 0.3) is 6.08 Å². The first-order valence-electron chi connectivity index (χ1n) is 7.32. The molecule has 0 saturated carbocycles. The highest BCUT2D eigenvalue weighted by molar-refractivity contribution is 8.26. The highest BCUT2D eigenvalue weighted by atomic mass is 32.2. The van der Waals surface area contributed by atoms with Crippen LogP contribution in [0, 0.1) is 10.1 Å². The Labute approximate surface area is 162 Å². The molecule has 2 aromatic rings. The van der Waals surface area contributed by atoms with Crippen molar-refractivity contribution >= 4 is 52.4 Å². The van der Waals surface area contributed by atoms with Gasteiger partial charge in [0, 0.05) is 0 Å². The molecule has 11 heteroatoms. The third kappa shape index (κ3) is 3.99. The van der Waals surface area contributed by atoms with E-state index in [2.05, 4.69) is 5.10 Å². The van der Waals surface area contributed by atoms with E-state index >= 15 is 0 Å². The summed E-state index contributed by atoms with van der Waals surface area (Å²) in [6.45, 7) is 0. The molecule has 0 aliphatic carbocycles. The molecular formula is C16H11N3O6S2. The van der Waals surface area contributed by atoms with E-state index in [9.17, 15) is 20.0 Å². The lowest BCUT2D eigenvalue weighted by molar-refractivity contribution is -0.402. The van der Waals surface area contributed by atoms with Gasteiger partial charge >= 0.3 is 5.88 Å². The van der Waals surface area contributed by atoms with Gasteiger partial charge in [0.15, 0.2) is 21.6 Å². The molecule has 1 aliphatic heterocycles. The van der Waals surface area contributed by atoms with Crippen molar-refractivity contribution in [1.82, 2.24) is 5.01 Å². The lowest BCUT2D eigenvalue weighted by Gasteiger charge is -2.05. The maximum absolute atomic E-state index is 12.5. The molecule has 1 N–H and O–H groups in total. The number of hydrogen-bond acceptors (Lipinski definition) is 9. The topological polar surface area (TPSA) is 118 Å². The van der Waals surface area contributed by atoms with Gasteiger partial charge in [-0.1, -0.05) is 17.8 Å². The summed E-state index contributed by atoms with van der Waals surface area (Å²) in [4.78, 5) is 22.8. The van der Waals surface area contributed by atoms with Crippen LogP contribution < -0.4 is 4.74 Å². The van der Waals surface area contributed by atoms with Crippen LogP contribution in [0.5, 0.6) is 11.5 Å². The molecule has 0 atom stereocenters. The number of nitrogens with zero attached hydrogens (tertiary/aromatic N) is 3. The van der Waals surface area contributed by atoms with Gasteiger partial charge in [0.05, 0.1) is 24.3 Å². The summed E-state index contributed by atoms with van der Waals surface area (Å²) in [6.07, 6.45) is 2.76. The van der Waals surface area contributed by atoms with E-state index in [0.717, 1.165) is 16.8 Å². The number of aromatic hydroxyl groups is 1. The number of carbonyl (C=O) groups excluding carboxylic acids is 1. The summed E-state index contributed by atoms with van der Waals surface area (Å²) in [5.41, 5.74) is 0.635. The smallest absolute Gasteiger partial charge is 0.433 e. The number of hydrazone groups is 1. The minimum absolute atomic E-state index is 0.0145. The van der Waals surface area contributed by atoms with Crippen molar-refractivity contribution in [2.75, 3.05) is 7.11 Å². The van der Waals surface area contributed by atoms with Gasteiger partial charge in [0.1, 0.15) is 4.92 Å². The summed E-state index contributed by atoms with van der Waals surface area (Å²) >= 11 is 6.20. The summed E-state index contributed by atoms with van der Waals surface area (Å²) < 4.78 is 10.2. The SMILES string of the molecule is COc1cc(/C=C2/SC(=S)N(/N=C/c3ccc([N+](=O)[O-])o3)C2=O)ccc1O. The number of rotatable bonds is 5. The van der Waals surface area contributed by atoms with E-state index in [0.29, 0.717) is 10.5 Å². The number of ether oxygens (including phenoxy) is 1. The molecule has 27 heavy (non-hydrogen) atoms. The third-order valence-electron chi connectivity index (χ3n) is 3.37. The van der Waals surface area contributed by atoms with Crippen molar-refractivity contribution in [2.45, 2.75) is 0 Å². The van der Waals surface area contributed by atoms with Crippen LogP contribution in [0.3, 0.4) is 0 Å². The Morgan fingerprint density at radius 1 is 1.41 bits per heavy atom. The van der Waals surface area contributed by atoms with Crippen molar-refractivity contribution in [3.63, 3.8) is 0 Å². The molecule has 0 radical (unpaired) electrons. The van der Waals surface area contributed by atoms with Gasteiger partial charge in [0.2, 0.25) is 0 Å². The minimum atomic E-state index is -0.675. The maximum Gasteiger partial charge on any atom is 0.433 e. The first kappa shape index (κ1) is 18.6. The highest BCUT2D eigenvalue weighted by Crippen LogP contribution is 2.34. The number of benzene rings is 1. The number of thiocarbonyl (C=S) groups is 1. The molecular weight excluding hydrogens is 394 g/mol. The first-order chi connectivity index (χ1) is 12.9. The number of methoxy groups -OCH3 is 1. The molecule has 1 amide bonds. The second-order valence-corrected chi connectivity index (χ2v) is 6.78. The van der Waals surface area contributed by atoms with E-state index in [1.165, 1.54) is 31.5 Å². The first-order valence-corrected chi connectivity index (χ1v) is 8.54. The van der Waals surface area contributed by atoms with Crippen LogP contribution >= 0.6 is 24.0 Å². The van der Waals surface area contributed by atoms with Gasteiger partial charge in [-0.15, -0.1) is 0 Å². The van der Waals surface area contributed by atoms with Crippen molar-refractivity contribution in [1.29, 1.82) is 0 Å². The molecule has 1 aromatic heterocycles. The van der Waals surface area contributed by atoms with Crippen LogP contribution in [-0.2, 0) is 4.79 Å². The van der Waals surface area contributed by atoms with Crippen LogP contribution in [-0.4, -0.2) is 38.6 Å². The fraction of sp³-hybridized carbons (Fsp3) is 0.0625. The average Bonchev–Trinajstić information content (AvgIpc) is 3.21. The van der Waals surface area contributed by atoms with E-state index < -0.39 is 16.7 Å². The van der Waals surface area contributed by atoms with Crippen LogP contribution in [0.1, 0.15) is 11.3 Å². The van der Waals surface area contributed by atoms with Crippen molar-refractivity contribution in [3.8, 4) is 11.5 Å². The molecule has 0 spiro atoms. The van der Waals surface area contributed by atoms with E-state index in [1.807, 2.05) is 0 Å². The largest absolute Gasteiger partial charge is 0.504 e. The average molecular weight is 405 g/mol. The van der Waals surface area contributed by atoms with Gasteiger partial charge in [-0.3, -0.25) is 14.9 Å². The number of carbonyl (C=O) groups is 1. The third-order valence-corrected chi connectivity index (χ3v) is 4.65. The zero-order chi connectivity index (χ0) is 19.6. The molecule has 1 saturated heterocycles. The zero-order valence-electron chi connectivity index (χ0n) is 13.7. The van der Waals surface area contributed by atoms with Crippen LogP contribution in [0.15, 0.2) is 44.8 Å². The monoisotopic (exact) mass is 405 g/mol. The van der Waals surface area contributed by atoms with Gasteiger partial charge in [-0.05, 0) is 42.1 Å². The molecule has 0 unspecified atom stereocenters. The molecule has 0 bridgehead atoms. The number of furan rings is 1. The van der Waals surface area contributed by atoms with Crippen molar-refractivity contribution in [3.05, 3.63) is 56.7 Å². The fourth-order valence-electron chi connectivity index (χ4n) is 2.12. The molecule has 9 nitrogen and oxygen atoms in total. The summed E-state index contributed by atoms with van der Waals surface area (Å²) in [5, 5.41) is 25.2. The minimum Gasteiger partial charge on any atom is -0.504 e. The Hall–Kier alpha value is -3.18. The normalized spacial score (nSPS) is 15.9.